The van der Waals surface area contributed by atoms with Gasteiger partial charge in [0.25, 0.3) is 11.5 Å². The Morgan fingerprint density at radius 1 is 1.32 bits per heavy atom. The Hall–Kier alpha value is -2.90. The van der Waals surface area contributed by atoms with E-state index in [2.05, 4.69) is 10.3 Å². The van der Waals surface area contributed by atoms with Gasteiger partial charge in [-0.1, -0.05) is 0 Å². The molecule has 130 valence electrons. The Balaban J connectivity index is 1.45. The maximum absolute atomic E-state index is 13.2. The van der Waals surface area contributed by atoms with Crippen LogP contribution in [0.5, 0.6) is 0 Å². The first kappa shape index (κ1) is 15.6. The molecule has 2 heterocycles. The fourth-order valence-electron chi connectivity index (χ4n) is 2.98. The van der Waals surface area contributed by atoms with Crippen molar-refractivity contribution < 1.29 is 18.7 Å². The molecular formula is C17H16FN3O4. The van der Waals surface area contributed by atoms with Crippen LogP contribution in [-0.2, 0) is 4.74 Å². The lowest BCUT2D eigenvalue weighted by Crippen LogP contribution is -2.37. The molecule has 1 atom stereocenters. The zero-order valence-electron chi connectivity index (χ0n) is 13.3. The van der Waals surface area contributed by atoms with Gasteiger partial charge in [-0.15, -0.1) is 0 Å². The summed E-state index contributed by atoms with van der Waals surface area (Å²) in [5.74, 6) is -1.03. The Labute approximate surface area is 141 Å². The van der Waals surface area contributed by atoms with Crippen molar-refractivity contribution in [3.8, 4) is 0 Å². The second-order valence-corrected chi connectivity index (χ2v) is 6.34. The number of nitrogens with zero attached hydrogens (tertiary/aromatic N) is 1. The van der Waals surface area contributed by atoms with Gasteiger partial charge in [0.05, 0.1) is 18.6 Å². The minimum atomic E-state index is -0.598. The maximum Gasteiger partial charge on any atom is 0.410 e. The fraction of sp³-hybridized carbons (Fsp3) is 0.353. The molecule has 8 heteroatoms. The van der Waals surface area contributed by atoms with Crippen LogP contribution in [0.15, 0.2) is 29.1 Å². The van der Waals surface area contributed by atoms with E-state index in [4.69, 9.17) is 4.74 Å². The van der Waals surface area contributed by atoms with Gasteiger partial charge in [0.1, 0.15) is 17.5 Å². The molecule has 1 aromatic carbocycles. The van der Waals surface area contributed by atoms with E-state index in [-0.39, 0.29) is 24.2 Å². The normalized spacial score (nSPS) is 20.0. The van der Waals surface area contributed by atoms with Gasteiger partial charge in [0.15, 0.2) is 0 Å². The highest BCUT2D eigenvalue weighted by Crippen LogP contribution is 2.30. The van der Waals surface area contributed by atoms with Crippen LogP contribution in [0.4, 0.5) is 9.18 Å². The molecule has 2 aliphatic rings. The number of carbonyl (C=O) groups excluding carboxylic acids is 2. The highest BCUT2D eigenvalue weighted by molar-refractivity contribution is 5.97. The zero-order valence-corrected chi connectivity index (χ0v) is 13.3. The number of nitrogens with one attached hydrogen (secondary N) is 2. The number of ether oxygens (including phenoxy) is 1. The molecule has 7 nitrogen and oxygen atoms in total. The Morgan fingerprint density at radius 2 is 2.12 bits per heavy atom. The average Bonchev–Trinajstić information content (AvgIpc) is 3.35. The number of pyridine rings is 1. The van der Waals surface area contributed by atoms with Gasteiger partial charge in [-0.25, -0.2) is 9.18 Å². The molecule has 1 aromatic heterocycles. The first-order chi connectivity index (χ1) is 12.0. The molecule has 0 spiro atoms. The third-order valence-corrected chi connectivity index (χ3v) is 4.43. The van der Waals surface area contributed by atoms with Crippen LogP contribution in [0.3, 0.4) is 0 Å². The van der Waals surface area contributed by atoms with Crippen LogP contribution in [-0.4, -0.2) is 47.1 Å². The lowest BCUT2D eigenvalue weighted by atomic mass is 10.1. The van der Waals surface area contributed by atoms with Crippen molar-refractivity contribution in [1.29, 1.82) is 0 Å². The molecule has 2 aromatic rings. The molecule has 2 amide bonds. The predicted molar refractivity (Wildman–Crippen MR) is 86.9 cm³/mol. The summed E-state index contributed by atoms with van der Waals surface area (Å²) in [6.45, 7) is 0.575. The van der Waals surface area contributed by atoms with Gasteiger partial charge in [-0.3, -0.25) is 9.59 Å². The first-order valence-corrected chi connectivity index (χ1v) is 8.09. The first-order valence-electron chi connectivity index (χ1n) is 8.09. The predicted octanol–water partition coefficient (Wildman–Crippen LogP) is 1.38. The van der Waals surface area contributed by atoms with Gasteiger partial charge < -0.3 is 19.9 Å². The Bertz CT molecular complexity index is 922. The van der Waals surface area contributed by atoms with Gasteiger partial charge in [-0.2, -0.15) is 0 Å². The van der Waals surface area contributed by atoms with E-state index in [1.54, 1.807) is 4.90 Å². The number of aromatic nitrogens is 1. The van der Waals surface area contributed by atoms with Gasteiger partial charge in [0, 0.05) is 6.04 Å². The van der Waals surface area contributed by atoms with Crippen LogP contribution in [0.2, 0.25) is 0 Å². The zero-order chi connectivity index (χ0) is 17.6. The molecule has 0 radical (unpaired) electrons. The molecule has 1 saturated carbocycles. The molecular weight excluding hydrogens is 329 g/mol. The summed E-state index contributed by atoms with van der Waals surface area (Å²) in [7, 11) is 0. The Kier molecular flexibility index (Phi) is 3.67. The van der Waals surface area contributed by atoms with Crippen molar-refractivity contribution in [2.75, 3.05) is 13.1 Å². The minimum absolute atomic E-state index is 0.0671. The van der Waals surface area contributed by atoms with E-state index in [0.29, 0.717) is 17.4 Å². The summed E-state index contributed by atoms with van der Waals surface area (Å²) >= 11 is 0. The number of hydrogen-bond donors (Lipinski definition) is 2. The monoisotopic (exact) mass is 345 g/mol. The van der Waals surface area contributed by atoms with Crippen LogP contribution in [0, 0.1) is 5.82 Å². The summed E-state index contributed by atoms with van der Waals surface area (Å²) in [5.41, 5.74) is -0.340. The summed E-state index contributed by atoms with van der Waals surface area (Å²) < 4.78 is 18.4. The smallest absolute Gasteiger partial charge is 0.410 e. The summed E-state index contributed by atoms with van der Waals surface area (Å²) in [5, 5.41) is 3.18. The lowest BCUT2D eigenvalue weighted by molar-refractivity contribution is 0.0913. The summed E-state index contributed by atoms with van der Waals surface area (Å²) in [4.78, 5) is 40.2. The number of aromatic amines is 1. The van der Waals surface area contributed by atoms with Gasteiger partial charge >= 0.3 is 6.09 Å². The SMILES string of the molecule is O=C(NCC1CN(C2CC2)C(=O)O1)c1cc2ccc(F)cc2[nH]c1=O. The number of halogens is 1. The number of H-pyrrole nitrogens is 1. The molecule has 1 saturated heterocycles. The second-order valence-electron chi connectivity index (χ2n) is 6.34. The lowest BCUT2D eigenvalue weighted by Gasteiger charge is -2.11. The number of rotatable bonds is 4. The highest BCUT2D eigenvalue weighted by atomic mass is 19.1. The second kappa shape index (κ2) is 5.87. The number of fused-ring (bicyclic) bond motifs is 1. The van der Waals surface area contributed by atoms with Crippen LogP contribution in [0.25, 0.3) is 10.9 Å². The van der Waals surface area contributed by atoms with E-state index in [1.165, 1.54) is 24.3 Å². The van der Waals surface area contributed by atoms with E-state index >= 15 is 0 Å². The van der Waals surface area contributed by atoms with E-state index in [9.17, 15) is 18.8 Å². The van der Waals surface area contributed by atoms with Crippen molar-refractivity contribution in [2.45, 2.75) is 25.0 Å². The van der Waals surface area contributed by atoms with Crippen molar-refractivity contribution in [3.05, 3.63) is 46.0 Å². The largest absolute Gasteiger partial charge is 0.442 e. The fourth-order valence-corrected chi connectivity index (χ4v) is 2.98. The molecule has 4 rings (SSSR count). The standard InChI is InChI=1S/C17H16FN3O4/c18-10-2-1-9-5-13(16(23)20-14(9)6-10)15(22)19-7-12-8-21(11-3-4-11)17(24)25-12/h1-2,5-6,11-12H,3-4,7-8H2,(H,19,22)(H,20,23). The molecule has 1 unspecified atom stereocenters. The average molecular weight is 345 g/mol. The summed E-state index contributed by atoms with van der Waals surface area (Å²) in [6.07, 6.45) is 1.20. The molecule has 0 bridgehead atoms. The number of amides is 2. The Morgan fingerprint density at radius 3 is 2.88 bits per heavy atom. The van der Waals surface area contributed by atoms with E-state index in [1.807, 2.05) is 0 Å². The van der Waals surface area contributed by atoms with Crippen molar-refractivity contribution in [1.82, 2.24) is 15.2 Å². The van der Waals surface area contributed by atoms with E-state index in [0.717, 1.165) is 12.8 Å². The molecule has 2 N–H and O–H groups in total. The number of carbonyl (C=O) groups is 2. The number of hydrogen-bond acceptors (Lipinski definition) is 4. The number of benzene rings is 1. The molecule has 25 heavy (non-hydrogen) atoms. The van der Waals surface area contributed by atoms with Gasteiger partial charge in [-0.05, 0) is 42.5 Å². The van der Waals surface area contributed by atoms with Crippen LogP contribution >= 0.6 is 0 Å². The molecule has 1 aliphatic carbocycles. The third kappa shape index (κ3) is 3.07. The van der Waals surface area contributed by atoms with E-state index < -0.39 is 23.4 Å². The van der Waals surface area contributed by atoms with Crippen molar-refractivity contribution in [2.24, 2.45) is 0 Å². The van der Waals surface area contributed by atoms with Crippen LogP contribution in [0.1, 0.15) is 23.2 Å². The van der Waals surface area contributed by atoms with Gasteiger partial charge in [0.2, 0.25) is 0 Å². The number of cyclic esters (lactones) is 1. The highest BCUT2D eigenvalue weighted by Gasteiger charge is 2.40. The quantitative estimate of drug-likeness (QED) is 0.876. The third-order valence-electron chi connectivity index (χ3n) is 4.43. The molecule has 2 fully saturated rings. The summed E-state index contributed by atoms with van der Waals surface area (Å²) in [6, 6.07) is 5.62. The maximum atomic E-state index is 13.2. The topological polar surface area (TPSA) is 91.5 Å². The van der Waals surface area contributed by atoms with Crippen molar-refractivity contribution >= 4 is 22.9 Å². The van der Waals surface area contributed by atoms with Crippen LogP contribution < -0.4 is 10.9 Å². The van der Waals surface area contributed by atoms with Crippen molar-refractivity contribution in [3.63, 3.8) is 0 Å². The molecule has 1 aliphatic heterocycles. The minimum Gasteiger partial charge on any atom is -0.442 e.